The van der Waals surface area contributed by atoms with Gasteiger partial charge in [0.15, 0.2) is 0 Å². The molecule has 2 aromatic rings. The van der Waals surface area contributed by atoms with Gasteiger partial charge in [0.2, 0.25) is 11.8 Å². The van der Waals surface area contributed by atoms with Crippen LogP contribution < -0.4 is 10.6 Å². The zero-order valence-electron chi connectivity index (χ0n) is 12.9. The van der Waals surface area contributed by atoms with Crippen LogP contribution in [0.5, 0.6) is 0 Å². The number of aryl methyl sites for hydroxylation is 1. The van der Waals surface area contributed by atoms with Crippen molar-refractivity contribution in [1.29, 1.82) is 0 Å². The van der Waals surface area contributed by atoms with E-state index in [2.05, 4.69) is 10.6 Å². The molecule has 0 atom stereocenters. The summed E-state index contributed by atoms with van der Waals surface area (Å²) in [5, 5.41) is 5.79. The standard InChI is InChI=1S/C18H18N2O2S/c1-12-4-2-3-5-14(12)10-19-17(21)9-13-6-7-16-15(8-13)20-18(22)11-23-16/h2-8H,9-11H2,1H3,(H,19,21)(H,20,22). The number of carbonyl (C=O) groups is 2. The van der Waals surface area contributed by atoms with E-state index in [4.69, 9.17) is 0 Å². The number of hydrogen-bond acceptors (Lipinski definition) is 3. The van der Waals surface area contributed by atoms with Crippen molar-refractivity contribution < 1.29 is 9.59 Å². The maximum atomic E-state index is 12.1. The maximum absolute atomic E-state index is 12.1. The summed E-state index contributed by atoms with van der Waals surface area (Å²) < 4.78 is 0. The van der Waals surface area contributed by atoms with Crippen LogP contribution in [0.2, 0.25) is 0 Å². The maximum Gasteiger partial charge on any atom is 0.234 e. The van der Waals surface area contributed by atoms with Crippen LogP contribution in [-0.4, -0.2) is 17.6 Å². The number of thioether (sulfide) groups is 1. The van der Waals surface area contributed by atoms with E-state index in [1.807, 2.05) is 49.4 Å². The van der Waals surface area contributed by atoms with Crippen LogP contribution in [0.15, 0.2) is 47.4 Å². The first-order valence-electron chi connectivity index (χ1n) is 7.48. The van der Waals surface area contributed by atoms with Gasteiger partial charge in [-0.25, -0.2) is 0 Å². The predicted molar refractivity (Wildman–Crippen MR) is 92.5 cm³/mol. The summed E-state index contributed by atoms with van der Waals surface area (Å²) in [6.07, 6.45) is 0.305. The average Bonchev–Trinajstić information content (AvgIpc) is 2.54. The van der Waals surface area contributed by atoms with E-state index in [9.17, 15) is 9.59 Å². The van der Waals surface area contributed by atoms with Crippen molar-refractivity contribution in [3.05, 3.63) is 59.2 Å². The zero-order valence-corrected chi connectivity index (χ0v) is 13.7. The van der Waals surface area contributed by atoms with Crippen molar-refractivity contribution in [3.8, 4) is 0 Å². The summed E-state index contributed by atoms with van der Waals surface area (Å²) in [6, 6.07) is 13.8. The Hall–Kier alpha value is -2.27. The van der Waals surface area contributed by atoms with Crippen molar-refractivity contribution in [3.63, 3.8) is 0 Å². The first-order valence-corrected chi connectivity index (χ1v) is 8.47. The largest absolute Gasteiger partial charge is 0.352 e. The Balaban J connectivity index is 1.61. The lowest BCUT2D eigenvalue weighted by Crippen LogP contribution is -2.25. The number of carbonyl (C=O) groups excluding carboxylic acids is 2. The van der Waals surface area contributed by atoms with Gasteiger partial charge in [-0.2, -0.15) is 0 Å². The van der Waals surface area contributed by atoms with Gasteiger partial charge in [0.25, 0.3) is 0 Å². The van der Waals surface area contributed by atoms with Crippen LogP contribution >= 0.6 is 11.8 Å². The molecule has 118 valence electrons. The van der Waals surface area contributed by atoms with Crippen LogP contribution in [0.4, 0.5) is 5.69 Å². The molecule has 1 heterocycles. The third-order valence-electron chi connectivity index (χ3n) is 3.78. The minimum atomic E-state index is -0.0250. The molecule has 23 heavy (non-hydrogen) atoms. The molecule has 0 fully saturated rings. The normalized spacial score (nSPS) is 13.2. The fourth-order valence-electron chi connectivity index (χ4n) is 2.49. The molecule has 2 N–H and O–H groups in total. The molecule has 3 rings (SSSR count). The third kappa shape index (κ3) is 3.93. The summed E-state index contributed by atoms with van der Waals surface area (Å²) in [5.74, 6) is 0.426. The molecule has 5 heteroatoms. The average molecular weight is 326 g/mol. The van der Waals surface area contributed by atoms with E-state index in [1.165, 1.54) is 17.3 Å². The van der Waals surface area contributed by atoms with Gasteiger partial charge in [-0.3, -0.25) is 9.59 Å². The van der Waals surface area contributed by atoms with Crippen molar-refractivity contribution >= 4 is 29.3 Å². The fourth-order valence-corrected chi connectivity index (χ4v) is 3.28. The molecular formula is C18H18N2O2S. The van der Waals surface area contributed by atoms with E-state index < -0.39 is 0 Å². The zero-order chi connectivity index (χ0) is 16.2. The lowest BCUT2D eigenvalue weighted by Gasteiger charge is -2.17. The Morgan fingerprint density at radius 3 is 2.91 bits per heavy atom. The van der Waals surface area contributed by atoms with Gasteiger partial charge in [0.05, 0.1) is 17.9 Å². The topological polar surface area (TPSA) is 58.2 Å². The first kappa shape index (κ1) is 15.6. The number of fused-ring (bicyclic) bond motifs is 1. The second kappa shape index (κ2) is 6.87. The highest BCUT2D eigenvalue weighted by Gasteiger charge is 2.16. The molecule has 0 saturated heterocycles. The summed E-state index contributed by atoms with van der Waals surface area (Å²) >= 11 is 1.52. The monoisotopic (exact) mass is 326 g/mol. The van der Waals surface area contributed by atoms with Gasteiger partial charge in [0.1, 0.15) is 0 Å². The van der Waals surface area contributed by atoms with Crippen LogP contribution in [0, 0.1) is 6.92 Å². The second-order valence-electron chi connectivity index (χ2n) is 5.55. The van der Waals surface area contributed by atoms with Gasteiger partial charge in [-0.15, -0.1) is 11.8 Å². The molecule has 0 saturated carbocycles. The van der Waals surface area contributed by atoms with Crippen molar-refractivity contribution in [2.45, 2.75) is 24.8 Å². The predicted octanol–water partition coefficient (Wildman–Crippen LogP) is 2.90. The Kier molecular flexibility index (Phi) is 4.67. The Morgan fingerprint density at radius 2 is 2.09 bits per heavy atom. The summed E-state index contributed by atoms with van der Waals surface area (Å²) in [7, 11) is 0. The minimum absolute atomic E-state index is 0.00338. The van der Waals surface area contributed by atoms with Crippen LogP contribution in [0.1, 0.15) is 16.7 Å². The lowest BCUT2D eigenvalue weighted by molar-refractivity contribution is -0.120. The van der Waals surface area contributed by atoms with E-state index in [-0.39, 0.29) is 11.8 Å². The van der Waals surface area contributed by atoms with Gasteiger partial charge in [-0.05, 0) is 35.7 Å². The van der Waals surface area contributed by atoms with Gasteiger partial charge < -0.3 is 10.6 Å². The molecule has 0 unspecified atom stereocenters. The Labute approximate surface area is 139 Å². The molecule has 0 aliphatic carbocycles. The quantitative estimate of drug-likeness (QED) is 0.908. The number of anilines is 1. The number of benzene rings is 2. The van der Waals surface area contributed by atoms with E-state index in [1.54, 1.807) is 0 Å². The summed E-state index contributed by atoms with van der Waals surface area (Å²) in [4.78, 5) is 24.6. The molecule has 0 spiro atoms. The Bertz CT molecular complexity index is 758. The molecule has 0 radical (unpaired) electrons. The van der Waals surface area contributed by atoms with E-state index in [0.29, 0.717) is 18.7 Å². The highest BCUT2D eigenvalue weighted by atomic mass is 32.2. The highest BCUT2D eigenvalue weighted by molar-refractivity contribution is 8.00. The SMILES string of the molecule is Cc1ccccc1CNC(=O)Cc1ccc2c(c1)NC(=O)CS2. The van der Waals surface area contributed by atoms with Crippen LogP contribution in [-0.2, 0) is 22.6 Å². The number of rotatable bonds is 4. The summed E-state index contributed by atoms with van der Waals surface area (Å²) in [5.41, 5.74) is 3.99. The molecule has 2 amide bonds. The third-order valence-corrected chi connectivity index (χ3v) is 4.85. The molecule has 1 aliphatic heterocycles. The van der Waals surface area contributed by atoms with Crippen molar-refractivity contribution in [1.82, 2.24) is 5.32 Å². The first-order chi connectivity index (χ1) is 11.1. The van der Waals surface area contributed by atoms with Crippen molar-refractivity contribution in [2.24, 2.45) is 0 Å². The number of hydrogen-bond donors (Lipinski definition) is 2. The number of nitrogens with one attached hydrogen (secondary N) is 2. The molecule has 4 nitrogen and oxygen atoms in total. The molecule has 1 aliphatic rings. The summed E-state index contributed by atoms with van der Waals surface area (Å²) in [6.45, 7) is 2.56. The number of amides is 2. The van der Waals surface area contributed by atoms with Gasteiger partial charge in [0, 0.05) is 11.4 Å². The van der Waals surface area contributed by atoms with Crippen LogP contribution in [0.3, 0.4) is 0 Å². The molecular weight excluding hydrogens is 308 g/mol. The smallest absolute Gasteiger partial charge is 0.234 e. The van der Waals surface area contributed by atoms with Gasteiger partial charge >= 0.3 is 0 Å². The second-order valence-corrected chi connectivity index (χ2v) is 6.56. The molecule has 0 bridgehead atoms. The minimum Gasteiger partial charge on any atom is -0.352 e. The Morgan fingerprint density at radius 1 is 1.26 bits per heavy atom. The lowest BCUT2D eigenvalue weighted by atomic mass is 10.1. The fraction of sp³-hybridized carbons (Fsp3) is 0.222. The van der Waals surface area contributed by atoms with E-state index in [0.717, 1.165) is 21.7 Å². The van der Waals surface area contributed by atoms with Gasteiger partial charge in [-0.1, -0.05) is 30.3 Å². The van der Waals surface area contributed by atoms with Crippen LogP contribution in [0.25, 0.3) is 0 Å². The van der Waals surface area contributed by atoms with E-state index >= 15 is 0 Å². The molecule has 0 aromatic heterocycles. The van der Waals surface area contributed by atoms with Crippen molar-refractivity contribution in [2.75, 3.05) is 11.1 Å². The highest BCUT2D eigenvalue weighted by Crippen LogP contribution is 2.32. The molecule has 2 aromatic carbocycles.